The van der Waals surface area contributed by atoms with Gasteiger partial charge in [0.1, 0.15) is 11.5 Å². The molecule has 94 valence electrons. The van der Waals surface area contributed by atoms with Crippen LogP contribution in [0.15, 0.2) is 36.9 Å². The Morgan fingerprint density at radius 1 is 1.32 bits per heavy atom. The Morgan fingerprint density at radius 3 is 2.74 bits per heavy atom. The molecule has 0 aliphatic rings. The molecule has 0 aromatic carbocycles. The number of rotatable bonds is 2. The van der Waals surface area contributed by atoms with Gasteiger partial charge in [-0.3, -0.25) is 9.38 Å². The van der Waals surface area contributed by atoms with E-state index in [0.717, 1.165) is 11.1 Å². The first-order valence-corrected chi connectivity index (χ1v) is 5.65. The average Bonchev–Trinajstić information content (AvgIpc) is 2.86. The number of nitrogens with zero attached hydrogens (tertiary/aromatic N) is 4. The van der Waals surface area contributed by atoms with Gasteiger partial charge in [0, 0.05) is 30.4 Å². The lowest BCUT2D eigenvalue weighted by Crippen LogP contribution is -1.96. The van der Waals surface area contributed by atoms with E-state index in [1.54, 1.807) is 29.9 Å². The molecule has 0 saturated heterocycles. The van der Waals surface area contributed by atoms with E-state index >= 15 is 0 Å². The van der Waals surface area contributed by atoms with Gasteiger partial charge in [0.05, 0.1) is 0 Å². The quantitative estimate of drug-likeness (QED) is 0.754. The Bertz CT molecular complexity index is 765. The van der Waals surface area contributed by atoms with Crippen LogP contribution < -0.4 is 0 Å². The number of aryl methyl sites for hydroxylation is 1. The summed E-state index contributed by atoms with van der Waals surface area (Å²) in [6.45, 7) is 1.80. The summed E-state index contributed by atoms with van der Waals surface area (Å²) in [5, 5.41) is 9.03. The van der Waals surface area contributed by atoms with Gasteiger partial charge in [-0.05, 0) is 24.6 Å². The number of hydrogen-bond acceptors (Lipinski definition) is 4. The number of aromatic nitrogens is 4. The Kier molecular flexibility index (Phi) is 2.49. The zero-order chi connectivity index (χ0) is 13.4. The molecular weight excluding hydrogens is 244 g/mol. The maximum absolute atomic E-state index is 11.0. The van der Waals surface area contributed by atoms with E-state index in [2.05, 4.69) is 15.0 Å². The molecule has 0 saturated carbocycles. The van der Waals surface area contributed by atoms with E-state index in [1.807, 2.05) is 12.1 Å². The number of aromatic carboxylic acids is 1. The normalized spacial score (nSPS) is 10.8. The van der Waals surface area contributed by atoms with E-state index < -0.39 is 5.97 Å². The lowest BCUT2D eigenvalue weighted by atomic mass is 10.1. The second kappa shape index (κ2) is 4.16. The third-order valence-corrected chi connectivity index (χ3v) is 2.89. The molecule has 0 fully saturated rings. The SMILES string of the molecule is Cc1ncc(-c2ccncc2)c2nc(C(=O)O)cn12. The van der Waals surface area contributed by atoms with Crippen LogP contribution in [0.25, 0.3) is 16.8 Å². The molecule has 0 aliphatic carbocycles. The minimum absolute atomic E-state index is 0.00593. The average molecular weight is 254 g/mol. The van der Waals surface area contributed by atoms with Crippen LogP contribution in [0, 0.1) is 6.92 Å². The van der Waals surface area contributed by atoms with Crippen LogP contribution in [0.4, 0.5) is 0 Å². The molecule has 0 bridgehead atoms. The number of hydrogen-bond donors (Lipinski definition) is 1. The van der Waals surface area contributed by atoms with Gasteiger partial charge < -0.3 is 5.11 Å². The number of carbonyl (C=O) groups is 1. The second-order valence-electron chi connectivity index (χ2n) is 4.08. The van der Waals surface area contributed by atoms with Gasteiger partial charge in [0.15, 0.2) is 5.69 Å². The molecular formula is C13H10N4O2. The summed E-state index contributed by atoms with van der Waals surface area (Å²) in [6.07, 6.45) is 6.52. The smallest absolute Gasteiger partial charge is 0.356 e. The van der Waals surface area contributed by atoms with Crippen molar-refractivity contribution in [1.29, 1.82) is 0 Å². The summed E-state index contributed by atoms with van der Waals surface area (Å²) in [7, 11) is 0. The molecule has 0 atom stereocenters. The van der Waals surface area contributed by atoms with Crippen LogP contribution >= 0.6 is 0 Å². The predicted octanol–water partition coefficient (Wildman–Crippen LogP) is 1.80. The third kappa shape index (κ3) is 1.83. The maximum atomic E-state index is 11.0. The molecule has 0 unspecified atom stereocenters. The summed E-state index contributed by atoms with van der Waals surface area (Å²) in [5.74, 6) is -0.364. The molecule has 3 rings (SSSR count). The fourth-order valence-corrected chi connectivity index (χ4v) is 1.93. The molecule has 3 aromatic rings. The van der Waals surface area contributed by atoms with Crippen molar-refractivity contribution in [3.05, 3.63) is 48.4 Å². The first-order valence-electron chi connectivity index (χ1n) is 5.65. The number of pyridine rings is 1. The van der Waals surface area contributed by atoms with Gasteiger partial charge in [0.2, 0.25) is 0 Å². The fraction of sp³-hybridized carbons (Fsp3) is 0.0769. The molecule has 19 heavy (non-hydrogen) atoms. The number of fused-ring (bicyclic) bond motifs is 1. The molecule has 0 aliphatic heterocycles. The van der Waals surface area contributed by atoms with Crippen LogP contribution in [-0.4, -0.2) is 30.4 Å². The number of carboxylic acids is 1. The van der Waals surface area contributed by atoms with Crippen molar-refractivity contribution >= 4 is 11.6 Å². The minimum atomic E-state index is -1.05. The zero-order valence-electron chi connectivity index (χ0n) is 10.1. The topological polar surface area (TPSA) is 80.4 Å². The molecule has 6 nitrogen and oxygen atoms in total. The highest BCUT2D eigenvalue weighted by Crippen LogP contribution is 2.23. The van der Waals surface area contributed by atoms with Crippen molar-refractivity contribution in [2.75, 3.05) is 0 Å². The van der Waals surface area contributed by atoms with Gasteiger partial charge in [-0.15, -0.1) is 0 Å². The summed E-state index contributed by atoms with van der Waals surface area (Å²) in [5.41, 5.74) is 2.26. The highest BCUT2D eigenvalue weighted by Gasteiger charge is 2.14. The molecule has 0 amide bonds. The molecule has 6 heteroatoms. The Labute approximate surface area is 108 Å². The molecule has 0 radical (unpaired) electrons. The number of carboxylic acid groups (broad SMARTS) is 1. The fourth-order valence-electron chi connectivity index (χ4n) is 1.93. The van der Waals surface area contributed by atoms with Gasteiger partial charge in [-0.25, -0.2) is 14.8 Å². The van der Waals surface area contributed by atoms with Crippen LogP contribution in [0.3, 0.4) is 0 Å². The Morgan fingerprint density at radius 2 is 2.05 bits per heavy atom. The van der Waals surface area contributed by atoms with Crippen molar-refractivity contribution in [2.45, 2.75) is 6.92 Å². The van der Waals surface area contributed by atoms with Crippen molar-refractivity contribution in [2.24, 2.45) is 0 Å². The van der Waals surface area contributed by atoms with E-state index in [1.165, 1.54) is 6.20 Å². The van der Waals surface area contributed by atoms with Gasteiger partial charge >= 0.3 is 5.97 Å². The lowest BCUT2D eigenvalue weighted by Gasteiger charge is -2.04. The molecule has 0 spiro atoms. The van der Waals surface area contributed by atoms with E-state index in [0.29, 0.717) is 11.5 Å². The van der Waals surface area contributed by atoms with E-state index in [4.69, 9.17) is 5.11 Å². The van der Waals surface area contributed by atoms with Gasteiger partial charge in [0.25, 0.3) is 0 Å². The van der Waals surface area contributed by atoms with Gasteiger partial charge in [-0.2, -0.15) is 0 Å². The van der Waals surface area contributed by atoms with Crippen molar-refractivity contribution in [3.8, 4) is 11.1 Å². The highest BCUT2D eigenvalue weighted by molar-refractivity contribution is 5.88. The van der Waals surface area contributed by atoms with Crippen LogP contribution in [0.5, 0.6) is 0 Å². The van der Waals surface area contributed by atoms with E-state index in [9.17, 15) is 4.79 Å². The summed E-state index contributed by atoms with van der Waals surface area (Å²) in [4.78, 5) is 23.4. The van der Waals surface area contributed by atoms with Crippen molar-refractivity contribution in [1.82, 2.24) is 19.4 Å². The molecule has 3 aromatic heterocycles. The predicted molar refractivity (Wildman–Crippen MR) is 67.9 cm³/mol. The van der Waals surface area contributed by atoms with Crippen molar-refractivity contribution < 1.29 is 9.90 Å². The minimum Gasteiger partial charge on any atom is -0.476 e. The zero-order valence-corrected chi connectivity index (χ0v) is 10.1. The third-order valence-electron chi connectivity index (χ3n) is 2.89. The van der Waals surface area contributed by atoms with Crippen LogP contribution in [0.2, 0.25) is 0 Å². The van der Waals surface area contributed by atoms with Crippen LogP contribution in [0.1, 0.15) is 16.3 Å². The maximum Gasteiger partial charge on any atom is 0.356 e. The Balaban J connectivity index is 2.32. The summed E-state index contributed by atoms with van der Waals surface area (Å²) < 4.78 is 1.68. The summed E-state index contributed by atoms with van der Waals surface area (Å²) in [6, 6.07) is 3.67. The largest absolute Gasteiger partial charge is 0.476 e. The standard InChI is InChI=1S/C13H10N4O2/c1-8-15-6-10(9-2-4-14-5-3-9)12-16-11(13(18)19)7-17(8)12/h2-7H,1H3,(H,18,19). The summed E-state index contributed by atoms with van der Waals surface area (Å²) >= 11 is 0. The van der Waals surface area contributed by atoms with E-state index in [-0.39, 0.29) is 5.69 Å². The monoisotopic (exact) mass is 254 g/mol. The number of imidazole rings is 1. The van der Waals surface area contributed by atoms with Crippen molar-refractivity contribution in [3.63, 3.8) is 0 Å². The molecule has 3 heterocycles. The second-order valence-corrected chi connectivity index (χ2v) is 4.08. The van der Waals surface area contributed by atoms with Gasteiger partial charge in [-0.1, -0.05) is 0 Å². The molecule has 1 N–H and O–H groups in total. The lowest BCUT2D eigenvalue weighted by molar-refractivity contribution is 0.0691. The Hall–Kier alpha value is -2.76. The first kappa shape index (κ1) is 11.3. The highest BCUT2D eigenvalue weighted by atomic mass is 16.4. The first-order chi connectivity index (χ1) is 9.16. The van der Waals surface area contributed by atoms with Crippen LogP contribution in [-0.2, 0) is 0 Å².